The average molecular weight is 406 g/mol. The number of piperazine rings is 1. The van der Waals surface area contributed by atoms with Gasteiger partial charge in [-0.25, -0.2) is 9.97 Å². The molecule has 30 heavy (non-hydrogen) atoms. The quantitative estimate of drug-likeness (QED) is 0.604. The van der Waals surface area contributed by atoms with Crippen LogP contribution in [0.4, 0.5) is 5.69 Å². The third-order valence-electron chi connectivity index (χ3n) is 5.50. The standard InChI is InChI=1S/C22H26N6O2/c1-16-15-27(12-13-28(16)17-4-6-18(30-2)7-5-17)11-8-20(29)19-14-25-26-21(19)22-23-9-3-10-24-22/h3-7,9-10,14,16H,8,11-13,15H2,1-2H3,(H,25,26). The zero-order chi connectivity index (χ0) is 20.9. The van der Waals surface area contributed by atoms with E-state index < -0.39 is 0 Å². The van der Waals surface area contributed by atoms with Gasteiger partial charge in [0.2, 0.25) is 0 Å². The number of aromatic amines is 1. The number of ketones is 1. The monoisotopic (exact) mass is 406 g/mol. The van der Waals surface area contributed by atoms with Crippen LogP contribution in [0.1, 0.15) is 23.7 Å². The second-order valence-corrected chi connectivity index (χ2v) is 7.45. The Morgan fingerprint density at radius 2 is 1.97 bits per heavy atom. The van der Waals surface area contributed by atoms with Gasteiger partial charge in [0.25, 0.3) is 0 Å². The molecule has 1 aromatic carbocycles. The van der Waals surface area contributed by atoms with Crippen molar-refractivity contribution in [1.82, 2.24) is 25.1 Å². The maximum Gasteiger partial charge on any atom is 0.178 e. The minimum atomic E-state index is 0.0523. The van der Waals surface area contributed by atoms with E-state index in [0.717, 1.165) is 31.9 Å². The number of ether oxygens (including phenoxy) is 1. The first-order chi connectivity index (χ1) is 14.7. The number of H-pyrrole nitrogens is 1. The molecule has 0 amide bonds. The molecule has 1 fully saturated rings. The van der Waals surface area contributed by atoms with Gasteiger partial charge in [0.1, 0.15) is 11.4 Å². The van der Waals surface area contributed by atoms with E-state index in [4.69, 9.17) is 4.74 Å². The summed E-state index contributed by atoms with van der Waals surface area (Å²) >= 11 is 0. The fourth-order valence-electron chi connectivity index (χ4n) is 3.88. The van der Waals surface area contributed by atoms with Gasteiger partial charge in [-0.1, -0.05) is 0 Å². The molecule has 3 heterocycles. The number of hydrogen-bond donors (Lipinski definition) is 1. The molecule has 4 rings (SSSR count). The van der Waals surface area contributed by atoms with Gasteiger partial charge in [-0.15, -0.1) is 0 Å². The fraction of sp³-hybridized carbons (Fsp3) is 0.364. The molecule has 1 N–H and O–H groups in total. The Morgan fingerprint density at radius 3 is 2.67 bits per heavy atom. The maximum atomic E-state index is 12.8. The van der Waals surface area contributed by atoms with E-state index in [2.05, 4.69) is 49.0 Å². The van der Waals surface area contributed by atoms with Gasteiger partial charge in [0, 0.05) is 56.7 Å². The molecule has 3 aromatic rings. The minimum Gasteiger partial charge on any atom is -0.497 e. The number of nitrogens with zero attached hydrogens (tertiary/aromatic N) is 5. The summed E-state index contributed by atoms with van der Waals surface area (Å²) in [5, 5.41) is 6.88. The molecule has 1 atom stereocenters. The minimum absolute atomic E-state index is 0.0523. The molecule has 1 saturated heterocycles. The van der Waals surface area contributed by atoms with E-state index in [0.29, 0.717) is 29.5 Å². The first-order valence-corrected chi connectivity index (χ1v) is 10.1. The number of carbonyl (C=O) groups is 1. The summed E-state index contributed by atoms with van der Waals surface area (Å²) in [6, 6.07) is 10.3. The van der Waals surface area contributed by atoms with Gasteiger partial charge in [-0.05, 0) is 37.3 Å². The molecule has 8 heteroatoms. The molecule has 1 aliphatic rings. The number of benzene rings is 1. The molecule has 0 bridgehead atoms. The van der Waals surface area contributed by atoms with Crippen LogP contribution in [0.2, 0.25) is 0 Å². The summed E-state index contributed by atoms with van der Waals surface area (Å²) in [6.07, 6.45) is 5.31. The van der Waals surface area contributed by atoms with Crippen molar-refractivity contribution in [2.45, 2.75) is 19.4 Å². The zero-order valence-corrected chi connectivity index (χ0v) is 17.3. The number of methoxy groups -OCH3 is 1. The van der Waals surface area contributed by atoms with E-state index in [-0.39, 0.29) is 5.78 Å². The highest BCUT2D eigenvalue weighted by Crippen LogP contribution is 2.24. The first-order valence-electron chi connectivity index (χ1n) is 10.1. The molecule has 0 radical (unpaired) electrons. The maximum absolute atomic E-state index is 12.8. The predicted octanol–water partition coefficient (Wildman–Crippen LogP) is 2.66. The Labute approximate surface area is 175 Å². The highest BCUT2D eigenvalue weighted by molar-refractivity contribution is 6.00. The second-order valence-electron chi connectivity index (χ2n) is 7.45. The van der Waals surface area contributed by atoms with E-state index >= 15 is 0 Å². The molecule has 1 aliphatic heterocycles. The Morgan fingerprint density at radius 1 is 1.20 bits per heavy atom. The van der Waals surface area contributed by atoms with Crippen molar-refractivity contribution in [1.29, 1.82) is 0 Å². The van der Waals surface area contributed by atoms with Gasteiger partial charge in [0.05, 0.1) is 18.9 Å². The highest BCUT2D eigenvalue weighted by atomic mass is 16.5. The lowest BCUT2D eigenvalue weighted by atomic mass is 10.1. The Balaban J connectivity index is 1.33. The van der Waals surface area contributed by atoms with Crippen LogP contribution in [0.15, 0.2) is 48.9 Å². The normalized spacial score (nSPS) is 17.1. The first kappa shape index (κ1) is 20.0. The summed E-state index contributed by atoms with van der Waals surface area (Å²) in [6.45, 7) is 5.71. The van der Waals surface area contributed by atoms with Crippen molar-refractivity contribution in [3.05, 3.63) is 54.5 Å². The lowest BCUT2D eigenvalue weighted by Crippen LogP contribution is -2.52. The van der Waals surface area contributed by atoms with Crippen molar-refractivity contribution < 1.29 is 9.53 Å². The van der Waals surface area contributed by atoms with Gasteiger partial charge in [-0.3, -0.25) is 14.8 Å². The van der Waals surface area contributed by atoms with Crippen LogP contribution in [0.3, 0.4) is 0 Å². The molecule has 2 aromatic heterocycles. The van der Waals surface area contributed by atoms with Gasteiger partial charge in [0.15, 0.2) is 11.6 Å². The largest absolute Gasteiger partial charge is 0.497 e. The molecular weight excluding hydrogens is 380 g/mol. The summed E-state index contributed by atoms with van der Waals surface area (Å²) < 4.78 is 5.25. The van der Waals surface area contributed by atoms with Crippen LogP contribution in [-0.2, 0) is 0 Å². The summed E-state index contributed by atoms with van der Waals surface area (Å²) in [4.78, 5) is 26.0. The Bertz CT molecular complexity index is 973. The predicted molar refractivity (Wildman–Crippen MR) is 115 cm³/mol. The summed E-state index contributed by atoms with van der Waals surface area (Å²) in [7, 11) is 1.68. The van der Waals surface area contributed by atoms with Crippen LogP contribution in [0, 0.1) is 0 Å². The smallest absolute Gasteiger partial charge is 0.178 e. The summed E-state index contributed by atoms with van der Waals surface area (Å²) in [5.74, 6) is 1.40. The number of hydrogen-bond acceptors (Lipinski definition) is 7. The van der Waals surface area contributed by atoms with Crippen LogP contribution >= 0.6 is 0 Å². The molecule has 0 aliphatic carbocycles. The third-order valence-corrected chi connectivity index (χ3v) is 5.50. The van der Waals surface area contributed by atoms with Crippen LogP contribution in [0.25, 0.3) is 11.5 Å². The number of Topliss-reactive ketones (excluding diaryl/α,β-unsaturated/α-hetero) is 1. The second kappa shape index (κ2) is 9.04. The van der Waals surface area contributed by atoms with E-state index in [1.165, 1.54) is 5.69 Å². The molecule has 0 saturated carbocycles. The van der Waals surface area contributed by atoms with Crippen molar-refractivity contribution in [2.24, 2.45) is 0 Å². The lowest BCUT2D eigenvalue weighted by Gasteiger charge is -2.41. The van der Waals surface area contributed by atoms with Crippen LogP contribution < -0.4 is 9.64 Å². The van der Waals surface area contributed by atoms with Crippen LogP contribution in [-0.4, -0.2) is 70.2 Å². The number of anilines is 1. The third kappa shape index (κ3) is 4.33. The number of aromatic nitrogens is 4. The van der Waals surface area contributed by atoms with Gasteiger partial charge >= 0.3 is 0 Å². The van der Waals surface area contributed by atoms with Crippen LogP contribution in [0.5, 0.6) is 5.75 Å². The number of nitrogens with one attached hydrogen (secondary N) is 1. The van der Waals surface area contributed by atoms with Crippen molar-refractivity contribution >= 4 is 11.5 Å². The molecule has 8 nitrogen and oxygen atoms in total. The van der Waals surface area contributed by atoms with Crippen molar-refractivity contribution in [3.63, 3.8) is 0 Å². The zero-order valence-electron chi connectivity index (χ0n) is 17.3. The average Bonchev–Trinajstić information content (AvgIpc) is 3.28. The van der Waals surface area contributed by atoms with E-state index in [9.17, 15) is 4.79 Å². The summed E-state index contributed by atoms with van der Waals surface area (Å²) in [5.41, 5.74) is 2.33. The van der Waals surface area contributed by atoms with Gasteiger partial charge in [-0.2, -0.15) is 5.10 Å². The lowest BCUT2D eigenvalue weighted by molar-refractivity contribution is 0.0959. The van der Waals surface area contributed by atoms with E-state index in [1.54, 1.807) is 31.8 Å². The van der Waals surface area contributed by atoms with E-state index in [1.807, 2.05) is 12.1 Å². The SMILES string of the molecule is COc1ccc(N2CCN(CCC(=O)c3cn[nH]c3-c3ncccn3)CC2C)cc1. The van der Waals surface area contributed by atoms with Gasteiger partial charge < -0.3 is 9.64 Å². The molecule has 1 unspecified atom stereocenters. The van der Waals surface area contributed by atoms with Crippen molar-refractivity contribution in [2.75, 3.05) is 38.2 Å². The fourth-order valence-corrected chi connectivity index (χ4v) is 3.88. The molecule has 156 valence electrons. The Kier molecular flexibility index (Phi) is 6.04. The topological polar surface area (TPSA) is 87.2 Å². The molecular formula is C22H26N6O2. The molecule has 0 spiro atoms. The van der Waals surface area contributed by atoms with Crippen molar-refractivity contribution in [3.8, 4) is 17.3 Å². The Hall–Kier alpha value is -3.26. The highest BCUT2D eigenvalue weighted by Gasteiger charge is 2.25. The number of carbonyl (C=O) groups excluding carboxylic acids is 1. The number of rotatable bonds is 7.